The third-order valence-electron chi connectivity index (χ3n) is 8.36. The van der Waals surface area contributed by atoms with Crippen molar-refractivity contribution in [1.82, 2.24) is 9.80 Å². The minimum absolute atomic E-state index is 0.103. The molecule has 4 aliphatic rings. The highest BCUT2D eigenvalue weighted by Gasteiger charge is 2.43. The fourth-order valence-electron chi connectivity index (χ4n) is 6.50. The van der Waals surface area contributed by atoms with Crippen molar-refractivity contribution in [1.29, 1.82) is 0 Å². The lowest BCUT2D eigenvalue weighted by molar-refractivity contribution is -0.138. The van der Waals surface area contributed by atoms with E-state index in [1.54, 1.807) is 5.56 Å². The monoisotopic (exact) mass is 411 g/mol. The van der Waals surface area contributed by atoms with Crippen LogP contribution in [0.4, 0.5) is 0 Å². The van der Waals surface area contributed by atoms with E-state index in [1.807, 2.05) is 0 Å². The van der Waals surface area contributed by atoms with Crippen molar-refractivity contribution in [3.63, 3.8) is 0 Å². The number of nitrogens with two attached hydrogens (primary N) is 1. The normalized spacial score (nSPS) is 30.2. The number of carbonyl (C=O) groups excluding carboxylic acids is 1. The number of aryl methyl sites for hydroxylation is 1. The van der Waals surface area contributed by atoms with Gasteiger partial charge in [-0.3, -0.25) is 9.69 Å². The predicted octanol–water partition coefficient (Wildman–Crippen LogP) is 2.71. The Morgan fingerprint density at radius 1 is 1.00 bits per heavy atom. The van der Waals surface area contributed by atoms with Crippen molar-refractivity contribution >= 4 is 5.91 Å². The van der Waals surface area contributed by atoms with E-state index in [0.717, 1.165) is 77.9 Å². The van der Waals surface area contributed by atoms with Gasteiger partial charge in [0.25, 0.3) is 0 Å². The van der Waals surface area contributed by atoms with Gasteiger partial charge in [-0.05, 0) is 67.9 Å². The number of piperidine rings is 1. The molecule has 0 aromatic heterocycles. The van der Waals surface area contributed by atoms with E-state index in [0.29, 0.717) is 17.4 Å². The van der Waals surface area contributed by atoms with Gasteiger partial charge in [-0.2, -0.15) is 0 Å². The van der Waals surface area contributed by atoms with Crippen LogP contribution in [0.3, 0.4) is 0 Å². The number of benzene rings is 1. The lowest BCUT2D eigenvalue weighted by Gasteiger charge is -2.42. The Morgan fingerprint density at radius 2 is 1.77 bits per heavy atom. The summed E-state index contributed by atoms with van der Waals surface area (Å²) >= 11 is 0. The SMILES string of the molecule is N[C@H]1CC[C@@H](C(=O)N2CCC3(CCc4ccccc43)CC2)CN(C2CCOCC2)C1. The molecule has 0 radical (unpaired) electrons. The first-order valence-corrected chi connectivity index (χ1v) is 12.1. The molecule has 5 rings (SSSR count). The summed E-state index contributed by atoms with van der Waals surface area (Å²) in [5.74, 6) is 0.480. The van der Waals surface area contributed by atoms with Crippen LogP contribution < -0.4 is 5.73 Å². The van der Waals surface area contributed by atoms with Gasteiger partial charge in [-0.15, -0.1) is 0 Å². The summed E-state index contributed by atoms with van der Waals surface area (Å²) in [6.45, 7) is 5.30. The highest BCUT2D eigenvalue weighted by atomic mass is 16.5. The largest absolute Gasteiger partial charge is 0.381 e. The quantitative estimate of drug-likeness (QED) is 0.813. The predicted molar refractivity (Wildman–Crippen MR) is 118 cm³/mol. The highest BCUT2D eigenvalue weighted by Crippen LogP contribution is 2.46. The fourth-order valence-corrected chi connectivity index (χ4v) is 6.50. The van der Waals surface area contributed by atoms with E-state index in [1.165, 1.54) is 18.4 Å². The number of ether oxygens (including phenoxy) is 1. The van der Waals surface area contributed by atoms with E-state index in [-0.39, 0.29) is 12.0 Å². The third kappa shape index (κ3) is 3.92. The summed E-state index contributed by atoms with van der Waals surface area (Å²) in [4.78, 5) is 18.2. The number of hydrogen-bond donors (Lipinski definition) is 1. The second-order valence-corrected chi connectivity index (χ2v) is 10.1. The van der Waals surface area contributed by atoms with Gasteiger partial charge in [0.15, 0.2) is 0 Å². The molecule has 1 amide bonds. The molecular formula is C25H37N3O2. The van der Waals surface area contributed by atoms with E-state index in [2.05, 4.69) is 34.1 Å². The number of fused-ring (bicyclic) bond motifs is 2. The molecule has 1 aromatic carbocycles. The van der Waals surface area contributed by atoms with Crippen molar-refractivity contribution < 1.29 is 9.53 Å². The maximum atomic E-state index is 13.5. The van der Waals surface area contributed by atoms with E-state index in [4.69, 9.17) is 10.5 Å². The number of likely N-dealkylation sites (tertiary alicyclic amines) is 2. The lowest BCUT2D eigenvalue weighted by Crippen LogP contribution is -2.50. The molecule has 1 aromatic rings. The Bertz CT molecular complexity index is 753. The second kappa shape index (κ2) is 8.60. The Labute approximate surface area is 180 Å². The van der Waals surface area contributed by atoms with E-state index in [9.17, 15) is 4.79 Å². The van der Waals surface area contributed by atoms with Crippen molar-refractivity contribution in [3.8, 4) is 0 Å². The first kappa shape index (κ1) is 20.5. The smallest absolute Gasteiger partial charge is 0.226 e. The van der Waals surface area contributed by atoms with Crippen molar-refractivity contribution in [3.05, 3.63) is 35.4 Å². The first-order chi connectivity index (χ1) is 14.6. The Balaban J connectivity index is 1.24. The number of rotatable bonds is 2. The van der Waals surface area contributed by atoms with Gasteiger partial charge >= 0.3 is 0 Å². The molecule has 5 nitrogen and oxygen atoms in total. The van der Waals surface area contributed by atoms with E-state index < -0.39 is 0 Å². The Kier molecular flexibility index (Phi) is 5.87. The molecule has 30 heavy (non-hydrogen) atoms. The summed E-state index contributed by atoms with van der Waals surface area (Å²) in [5, 5.41) is 0. The average molecular weight is 412 g/mol. The van der Waals surface area contributed by atoms with Gasteiger partial charge in [-0.25, -0.2) is 0 Å². The van der Waals surface area contributed by atoms with Gasteiger partial charge < -0.3 is 15.4 Å². The van der Waals surface area contributed by atoms with Crippen LogP contribution in [0.2, 0.25) is 0 Å². The molecule has 3 fully saturated rings. The van der Waals surface area contributed by atoms with Crippen LogP contribution in [-0.2, 0) is 21.4 Å². The van der Waals surface area contributed by atoms with Crippen molar-refractivity contribution in [2.24, 2.45) is 11.7 Å². The molecule has 0 saturated carbocycles. The molecule has 5 heteroatoms. The average Bonchev–Trinajstić information content (AvgIpc) is 3.01. The summed E-state index contributed by atoms with van der Waals surface area (Å²) < 4.78 is 5.56. The topological polar surface area (TPSA) is 58.8 Å². The molecule has 3 heterocycles. The zero-order valence-electron chi connectivity index (χ0n) is 18.2. The molecule has 0 bridgehead atoms. The lowest BCUT2D eigenvalue weighted by atomic mass is 9.73. The molecule has 1 aliphatic carbocycles. The maximum Gasteiger partial charge on any atom is 0.226 e. The van der Waals surface area contributed by atoms with Crippen molar-refractivity contribution in [2.45, 2.75) is 68.9 Å². The van der Waals surface area contributed by atoms with Crippen LogP contribution in [0.25, 0.3) is 0 Å². The summed E-state index contributed by atoms with van der Waals surface area (Å²) in [7, 11) is 0. The maximum absolute atomic E-state index is 13.5. The van der Waals surface area contributed by atoms with Crippen molar-refractivity contribution in [2.75, 3.05) is 39.4 Å². The van der Waals surface area contributed by atoms with Gasteiger partial charge in [0.05, 0.1) is 5.92 Å². The Hall–Kier alpha value is -1.43. The molecule has 3 aliphatic heterocycles. The standard InChI is InChI=1S/C25H37N3O2/c26-21-6-5-20(17-28(18-21)22-8-15-30-16-9-22)24(29)27-13-11-25(12-14-27)10-7-19-3-1-2-4-23(19)25/h1-4,20-22H,5-18,26H2/t20-,21+/m1/s1. The molecular weight excluding hydrogens is 374 g/mol. The van der Waals surface area contributed by atoms with Crippen LogP contribution >= 0.6 is 0 Å². The molecule has 3 saturated heterocycles. The van der Waals surface area contributed by atoms with E-state index >= 15 is 0 Å². The number of amides is 1. The Morgan fingerprint density at radius 3 is 2.57 bits per heavy atom. The van der Waals surface area contributed by atoms with Crippen LogP contribution in [0, 0.1) is 5.92 Å². The van der Waals surface area contributed by atoms with Crippen LogP contribution in [0.1, 0.15) is 56.1 Å². The van der Waals surface area contributed by atoms with Crippen LogP contribution in [0.15, 0.2) is 24.3 Å². The molecule has 164 valence electrons. The van der Waals surface area contributed by atoms with Crippen LogP contribution in [0.5, 0.6) is 0 Å². The zero-order chi connectivity index (χ0) is 20.6. The van der Waals surface area contributed by atoms with Gasteiger partial charge in [0.2, 0.25) is 5.91 Å². The third-order valence-corrected chi connectivity index (χ3v) is 8.36. The number of carbonyl (C=O) groups is 1. The number of nitrogens with zero attached hydrogens (tertiary/aromatic N) is 2. The van der Waals surface area contributed by atoms with Gasteiger partial charge in [0.1, 0.15) is 0 Å². The summed E-state index contributed by atoms with van der Waals surface area (Å²) in [5.41, 5.74) is 9.80. The second-order valence-electron chi connectivity index (χ2n) is 10.1. The minimum atomic E-state index is 0.103. The van der Waals surface area contributed by atoms with Crippen LogP contribution in [-0.4, -0.2) is 67.2 Å². The summed E-state index contributed by atoms with van der Waals surface area (Å²) in [6.07, 6.45) is 8.72. The van der Waals surface area contributed by atoms with Gasteiger partial charge in [-0.1, -0.05) is 24.3 Å². The first-order valence-electron chi connectivity index (χ1n) is 12.1. The van der Waals surface area contributed by atoms with Gasteiger partial charge in [0, 0.05) is 51.5 Å². The molecule has 2 N–H and O–H groups in total. The zero-order valence-corrected chi connectivity index (χ0v) is 18.2. The minimum Gasteiger partial charge on any atom is -0.381 e. The molecule has 0 unspecified atom stereocenters. The summed E-state index contributed by atoms with van der Waals surface area (Å²) in [6, 6.07) is 9.68. The highest BCUT2D eigenvalue weighted by molar-refractivity contribution is 5.79. The fraction of sp³-hybridized carbons (Fsp3) is 0.720. The molecule has 2 atom stereocenters. The molecule has 1 spiro atoms. The number of hydrogen-bond acceptors (Lipinski definition) is 4.